The van der Waals surface area contributed by atoms with Crippen LogP contribution < -0.4 is 10.6 Å². The van der Waals surface area contributed by atoms with Crippen molar-refractivity contribution >= 4 is 34.8 Å². The summed E-state index contributed by atoms with van der Waals surface area (Å²) in [5, 5.41) is 16.8. The first-order valence-electron chi connectivity index (χ1n) is 7.83. The number of benzene rings is 2. The standard InChI is InChI=1S/C18H18ClN3O4/c1-11-3-8-15(22(25)26)9-16(11)21-18(24)10-17(20-12(2)23)13-4-6-14(19)7-5-13/h3-9,17H,10H2,1-2H3,(H,20,23)(H,21,24). The van der Waals surface area contributed by atoms with Crippen molar-refractivity contribution in [3.63, 3.8) is 0 Å². The quantitative estimate of drug-likeness (QED) is 0.592. The first kappa shape index (κ1) is 19.4. The Labute approximate surface area is 155 Å². The average molecular weight is 376 g/mol. The van der Waals surface area contributed by atoms with E-state index in [0.717, 1.165) is 5.56 Å². The second-order valence-corrected chi connectivity index (χ2v) is 6.25. The van der Waals surface area contributed by atoms with Gasteiger partial charge < -0.3 is 10.6 Å². The van der Waals surface area contributed by atoms with Gasteiger partial charge in [-0.1, -0.05) is 29.8 Å². The van der Waals surface area contributed by atoms with Crippen LogP contribution in [0.1, 0.15) is 30.5 Å². The summed E-state index contributed by atoms with van der Waals surface area (Å²) < 4.78 is 0. The van der Waals surface area contributed by atoms with E-state index in [9.17, 15) is 19.7 Å². The molecular weight excluding hydrogens is 358 g/mol. The highest BCUT2D eigenvalue weighted by atomic mass is 35.5. The summed E-state index contributed by atoms with van der Waals surface area (Å²) in [4.78, 5) is 34.3. The molecule has 0 aromatic heterocycles. The third kappa shape index (κ3) is 5.29. The maximum atomic E-state index is 12.4. The number of hydrogen-bond acceptors (Lipinski definition) is 4. The predicted molar refractivity (Wildman–Crippen MR) is 99.1 cm³/mol. The number of rotatable bonds is 6. The molecular formula is C18H18ClN3O4. The fourth-order valence-electron chi connectivity index (χ4n) is 2.44. The van der Waals surface area contributed by atoms with Crippen molar-refractivity contribution in [2.24, 2.45) is 0 Å². The van der Waals surface area contributed by atoms with E-state index in [4.69, 9.17) is 11.6 Å². The molecule has 0 heterocycles. The zero-order valence-electron chi connectivity index (χ0n) is 14.3. The van der Waals surface area contributed by atoms with Crippen molar-refractivity contribution < 1.29 is 14.5 Å². The Morgan fingerprint density at radius 3 is 2.42 bits per heavy atom. The largest absolute Gasteiger partial charge is 0.349 e. The number of carbonyl (C=O) groups excluding carboxylic acids is 2. The molecule has 0 bridgehead atoms. The molecule has 1 unspecified atom stereocenters. The Morgan fingerprint density at radius 2 is 1.85 bits per heavy atom. The van der Waals surface area contributed by atoms with Crippen LogP contribution in [0.4, 0.5) is 11.4 Å². The molecule has 26 heavy (non-hydrogen) atoms. The minimum atomic E-state index is -0.538. The van der Waals surface area contributed by atoms with E-state index in [2.05, 4.69) is 10.6 Å². The highest BCUT2D eigenvalue weighted by Gasteiger charge is 2.18. The highest BCUT2D eigenvalue weighted by Crippen LogP contribution is 2.24. The Balaban J connectivity index is 2.17. The van der Waals surface area contributed by atoms with Gasteiger partial charge in [-0.25, -0.2) is 0 Å². The lowest BCUT2D eigenvalue weighted by Crippen LogP contribution is -2.29. The van der Waals surface area contributed by atoms with Crippen molar-refractivity contribution in [2.75, 3.05) is 5.32 Å². The smallest absolute Gasteiger partial charge is 0.271 e. The number of non-ortho nitro benzene ring substituents is 1. The van der Waals surface area contributed by atoms with Gasteiger partial charge in [-0.15, -0.1) is 0 Å². The van der Waals surface area contributed by atoms with E-state index in [1.165, 1.54) is 19.1 Å². The molecule has 0 aliphatic heterocycles. The number of nitrogens with one attached hydrogen (secondary N) is 2. The molecule has 0 saturated heterocycles. The van der Waals surface area contributed by atoms with Gasteiger partial charge in [-0.2, -0.15) is 0 Å². The normalized spacial score (nSPS) is 11.5. The third-order valence-corrected chi connectivity index (χ3v) is 4.00. The van der Waals surface area contributed by atoms with E-state index in [1.807, 2.05) is 0 Å². The average Bonchev–Trinajstić information content (AvgIpc) is 2.56. The van der Waals surface area contributed by atoms with Crippen LogP contribution in [0.5, 0.6) is 0 Å². The molecule has 0 spiro atoms. The maximum absolute atomic E-state index is 12.4. The molecule has 2 aromatic carbocycles. The molecule has 0 radical (unpaired) electrons. The van der Waals surface area contributed by atoms with Crippen LogP contribution in [0.25, 0.3) is 0 Å². The molecule has 136 valence electrons. The topological polar surface area (TPSA) is 101 Å². The first-order valence-corrected chi connectivity index (χ1v) is 8.21. The Kier molecular flexibility index (Phi) is 6.30. The molecule has 7 nitrogen and oxygen atoms in total. The molecule has 8 heteroatoms. The van der Waals surface area contributed by atoms with Crippen LogP contribution >= 0.6 is 11.6 Å². The van der Waals surface area contributed by atoms with Gasteiger partial charge in [0.15, 0.2) is 0 Å². The first-order chi connectivity index (χ1) is 12.3. The zero-order valence-corrected chi connectivity index (χ0v) is 15.0. The van der Waals surface area contributed by atoms with Gasteiger partial charge in [0.2, 0.25) is 11.8 Å². The molecule has 2 amide bonds. The van der Waals surface area contributed by atoms with Crippen molar-refractivity contribution in [3.05, 3.63) is 68.7 Å². The van der Waals surface area contributed by atoms with Gasteiger partial charge in [0.25, 0.3) is 5.69 Å². The molecule has 0 aliphatic carbocycles. The number of amides is 2. The summed E-state index contributed by atoms with van der Waals surface area (Å²) in [6.45, 7) is 3.11. The van der Waals surface area contributed by atoms with Crippen molar-refractivity contribution in [1.82, 2.24) is 5.32 Å². The second kappa shape index (κ2) is 8.44. The molecule has 0 saturated carbocycles. The van der Waals surface area contributed by atoms with Gasteiger partial charge >= 0.3 is 0 Å². The van der Waals surface area contributed by atoms with Crippen LogP contribution in [0.2, 0.25) is 5.02 Å². The molecule has 1 atom stereocenters. The molecule has 0 fully saturated rings. The monoisotopic (exact) mass is 375 g/mol. The Bertz CT molecular complexity index is 837. The van der Waals surface area contributed by atoms with Crippen LogP contribution in [-0.4, -0.2) is 16.7 Å². The van der Waals surface area contributed by atoms with Gasteiger partial charge in [0.1, 0.15) is 0 Å². The van der Waals surface area contributed by atoms with E-state index in [1.54, 1.807) is 37.3 Å². The van der Waals surface area contributed by atoms with Gasteiger partial charge in [0, 0.05) is 24.1 Å². The highest BCUT2D eigenvalue weighted by molar-refractivity contribution is 6.30. The van der Waals surface area contributed by atoms with Crippen molar-refractivity contribution in [2.45, 2.75) is 26.3 Å². The summed E-state index contributed by atoms with van der Waals surface area (Å²) in [5.41, 5.74) is 1.69. The minimum absolute atomic E-state index is 0.0245. The van der Waals surface area contributed by atoms with Crippen LogP contribution in [0, 0.1) is 17.0 Å². The number of carbonyl (C=O) groups is 2. The van der Waals surface area contributed by atoms with Gasteiger partial charge in [0.05, 0.1) is 23.1 Å². The van der Waals surface area contributed by atoms with Gasteiger partial charge in [-0.05, 0) is 30.2 Å². The Morgan fingerprint density at radius 1 is 1.19 bits per heavy atom. The zero-order chi connectivity index (χ0) is 19.3. The number of nitro groups is 1. The number of aryl methyl sites for hydroxylation is 1. The fourth-order valence-corrected chi connectivity index (χ4v) is 2.56. The molecule has 0 aliphatic rings. The number of halogens is 1. The summed E-state index contributed by atoms with van der Waals surface area (Å²) in [5.74, 6) is -0.647. The van der Waals surface area contributed by atoms with E-state index in [0.29, 0.717) is 16.3 Å². The summed E-state index contributed by atoms with van der Waals surface area (Å²) in [6, 6.07) is 10.5. The lowest BCUT2D eigenvalue weighted by molar-refractivity contribution is -0.384. The van der Waals surface area contributed by atoms with Gasteiger partial charge in [-0.3, -0.25) is 19.7 Å². The minimum Gasteiger partial charge on any atom is -0.349 e. The summed E-state index contributed by atoms with van der Waals surface area (Å²) >= 11 is 5.87. The van der Waals surface area contributed by atoms with E-state index in [-0.39, 0.29) is 23.9 Å². The van der Waals surface area contributed by atoms with E-state index >= 15 is 0 Å². The number of hydrogen-bond donors (Lipinski definition) is 2. The van der Waals surface area contributed by atoms with E-state index < -0.39 is 11.0 Å². The molecule has 2 rings (SSSR count). The Hall–Kier alpha value is -2.93. The fraction of sp³-hybridized carbons (Fsp3) is 0.222. The number of nitro benzene ring substituents is 1. The number of nitrogens with zero attached hydrogens (tertiary/aromatic N) is 1. The summed E-state index contributed by atoms with van der Waals surface area (Å²) in [7, 11) is 0. The second-order valence-electron chi connectivity index (χ2n) is 5.81. The van der Waals surface area contributed by atoms with Crippen LogP contribution in [0.3, 0.4) is 0 Å². The maximum Gasteiger partial charge on any atom is 0.271 e. The van der Waals surface area contributed by atoms with Crippen molar-refractivity contribution in [1.29, 1.82) is 0 Å². The lowest BCUT2D eigenvalue weighted by Gasteiger charge is -2.18. The summed E-state index contributed by atoms with van der Waals surface area (Å²) in [6.07, 6.45) is -0.0245. The van der Waals surface area contributed by atoms with Crippen LogP contribution in [-0.2, 0) is 9.59 Å². The SMILES string of the molecule is CC(=O)NC(CC(=O)Nc1cc([N+](=O)[O-])ccc1C)c1ccc(Cl)cc1. The lowest BCUT2D eigenvalue weighted by atomic mass is 10.0. The third-order valence-electron chi connectivity index (χ3n) is 3.75. The van der Waals surface area contributed by atoms with Crippen molar-refractivity contribution in [3.8, 4) is 0 Å². The van der Waals surface area contributed by atoms with Crippen LogP contribution in [0.15, 0.2) is 42.5 Å². The molecule has 2 N–H and O–H groups in total. The molecule has 2 aromatic rings. The predicted octanol–water partition coefficient (Wildman–Crippen LogP) is 3.76. The number of anilines is 1.